The molecule has 4 rings (SSSR count). The molecule has 0 amide bonds. The molecule has 6 atom stereocenters. The Balaban J connectivity index is 1.68. The van der Waals surface area contributed by atoms with E-state index in [0.717, 1.165) is 35.6 Å². The minimum absolute atomic E-state index is 0.0997. The smallest absolute Gasteiger partial charge is 0.0577 e. The Hall–Kier alpha value is -0.270. The van der Waals surface area contributed by atoms with Gasteiger partial charge in [0.2, 0.25) is 0 Å². The summed E-state index contributed by atoms with van der Waals surface area (Å²) in [7, 11) is 0. The van der Waals surface area contributed by atoms with Crippen LogP contribution in [-0.2, 0) is 0 Å². The zero-order valence-electron chi connectivity index (χ0n) is 13.2. The first-order valence-electron chi connectivity index (χ1n) is 8.69. The molecule has 0 radical (unpaired) electrons. The molecule has 4 aliphatic carbocycles. The number of hydrogen-bond acceptors (Lipinski definition) is 1. The third kappa shape index (κ3) is 1.86. The molecule has 0 heterocycles. The molecule has 116 valence electrons. The van der Waals surface area contributed by atoms with Crippen LogP contribution in [0.2, 0.25) is 0 Å². The predicted molar refractivity (Wildman–Crippen MR) is 87.0 cm³/mol. The van der Waals surface area contributed by atoms with Gasteiger partial charge in [0.15, 0.2) is 0 Å². The van der Waals surface area contributed by atoms with Gasteiger partial charge in [0.25, 0.3) is 0 Å². The Morgan fingerprint density at radius 2 is 1.81 bits per heavy atom. The first-order chi connectivity index (χ1) is 9.95. The highest BCUT2D eigenvalue weighted by Gasteiger charge is 2.56. The van der Waals surface area contributed by atoms with E-state index < -0.39 is 0 Å². The molecule has 21 heavy (non-hydrogen) atoms. The van der Waals surface area contributed by atoms with Crippen LogP contribution >= 0.6 is 11.6 Å². The maximum atomic E-state index is 10.0. The third-order valence-corrected chi connectivity index (χ3v) is 8.15. The van der Waals surface area contributed by atoms with Crippen LogP contribution in [-0.4, -0.2) is 11.2 Å². The van der Waals surface area contributed by atoms with Gasteiger partial charge in [0, 0.05) is 10.4 Å². The Bertz CT molecular complexity index is 522. The summed E-state index contributed by atoms with van der Waals surface area (Å²) in [6.45, 7) is 4.88. The first-order valence-corrected chi connectivity index (χ1v) is 9.06. The largest absolute Gasteiger partial charge is 0.393 e. The van der Waals surface area contributed by atoms with Crippen LogP contribution in [0.25, 0.3) is 0 Å². The van der Waals surface area contributed by atoms with E-state index in [1.54, 1.807) is 5.57 Å². The summed E-state index contributed by atoms with van der Waals surface area (Å²) in [5, 5.41) is 11.1. The lowest BCUT2D eigenvalue weighted by molar-refractivity contribution is -0.0275. The monoisotopic (exact) mass is 306 g/mol. The fourth-order valence-corrected chi connectivity index (χ4v) is 6.48. The minimum atomic E-state index is -0.0997. The molecule has 2 heteroatoms. The molecule has 0 saturated heterocycles. The fraction of sp³-hybridized carbons (Fsp3) is 0.789. The maximum absolute atomic E-state index is 10.0. The lowest BCUT2D eigenvalue weighted by atomic mass is 9.48. The first kappa shape index (κ1) is 14.3. The van der Waals surface area contributed by atoms with Crippen LogP contribution in [0.15, 0.2) is 22.8 Å². The number of fused-ring (bicyclic) bond motifs is 5. The van der Waals surface area contributed by atoms with Crippen molar-refractivity contribution in [2.24, 2.45) is 28.6 Å². The van der Waals surface area contributed by atoms with E-state index in [2.05, 4.69) is 26.0 Å². The van der Waals surface area contributed by atoms with Gasteiger partial charge in [-0.15, -0.1) is 0 Å². The molecule has 0 unspecified atom stereocenters. The zero-order valence-corrected chi connectivity index (χ0v) is 14.0. The van der Waals surface area contributed by atoms with E-state index in [1.165, 1.54) is 32.1 Å². The van der Waals surface area contributed by atoms with Gasteiger partial charge in [-0.3, -0.25) is 0 Å². The molecule has 0 spiro atoms. The van der Waals surface area contributed by atoms with Crippen molar-refractivity contribution in [2.75, 3.05) is 0 Å². The Morgan fingerprint density at radius 1 is 1.05 bits per heavy atom. The molecule has 0 aliphatic heterocycles. The second kappa shape index (κ2) is 4.61. The average molecular weight is 307 g/mol. The highest BCUT2D eigenvalue weighted by atomic mass is 35.5. The normalized spacial score (nSPS) is 52.4. The molecule has 1 nitrogen and oxygen atoms in total. The van der Waals surface area contributed by atoms with E-state index in [1.807, 2.05) is 0 Å². The topological polar surface area (TPSA) is 20.2 Å². The summed E-state index contributed by atoms with van der Waals surface area (Å²) in [4.78, 5) is 0. The number of aliphatic hydroxyl groups excluding tert-OH is 1. The number of allylic oxidation sites excluding steroid dienone is 3. The van der Waals surface area contributed by atoms with Crippen LogP contribution in [0.1, 0.15) is 58.8 Å². The molecule has 0 bridgehead atoms. The van der Waals surface area contributed by atoms with Crippen molar-refractivity contribution >= 4 is 11.6 Å². The zero-order chi connectivity index (χ0) is 14.8. The minimum Gasteiger partial charge on any atom is -0.393 e. The number of hydrogen-bond donors (Lipinski definition) is 1. The predicted octanol–water partition coefficient (Wildman–Crippen LogP) is 5.04. The van der Waals surface area contributed by atoms with Crippen LogP contribution in [0.4, 0.5) is 0 Å². The number of halogens is 1. The van der Waals surface area contributed by atoms with Gasteiger partial charge >= 0.3 is 0 Å². The highest BCUT2D eigenvalue weighted by molar-refractivity contribution is 6.30. The standard InChI is InChI=1S/C19H27ClO/c1-18-9-7-13(21)11-12(18)3-4-14-15-5-6-17(20)19(15,2)10-8-16(14)18/h3,6,13-16,21H,4-5,7-11H2,1-2H3/t13-,14-,15-,16-,18-,19-/m0/s1. The Labute approximate surface area is 133 Å². The van der Waals surface area contributed by atoms with Gasteiger partial charge in [0.05, 0.1) is 6.10 Å². The molecule has 0 aromatic carbocycles. The van der Waals surface area contributed by atoms with Gasteiger partial charge in [-0.2, -0.15) is 0 Å². The van der Waals surface area contributed by atoms with Crippen molar-refractivity contribution in [3.8, 4) is 0 Å². The molecular formula is C19H27ClO. The second-order valence-electron chi connectivity index (χ2n) is 8.40. The molecule has 2 saturated carbocycles. The fourth-order valence-electron chi connectivity index (χ4n) is 6.16. The van der Waals surface area contributed by atoms with E-state index in [0.29, 0.717) is 5.41 Å². The van der Waals surface area contributed by atoms with Crippen molar-refractivity contribution in [3.05, 3.63) is 22.8 Å². The van der Waals surface area contributed by atoms with Gasteiger partial charge in [-0.1, -0.05) is 43.2 Å². The summed E-state index contributed by atoms with van der Waals surface area (Å²) in [5.41, 5.74) is 2.15. The molecule has 1 N–H and O–H groups in total. The molecule has 2 fully saturated rings. The van der Waals surface area contributed by atoms with Gasteiger partial charge in [0.1, 0.15) is 0 Å². The molecule has 4 aliphatic rings. The summed E-state index contributed by atoms with van der Waals surface area (Å²) >= 11 is 6.56. The maximum Gasteiger partial charge on any atom is 0.0577 e. The van der Waals surface area contributed by atoms with E-state index in [-0.39, 0.29) is 11.5 Å². The third-order valence-electron chi connectivity index (χ3n) is 7.56. The molecular weight excluding hydrogens is 280 g/mol. The van der Waals surface area contributed by atoms with E-state index in [9.17, 15) is 5.11 Å². The van der Waals surface area contributed by atoms with Crippen LogP contribution < -0.4 is 0 Å². The van der Waals surface area contributed by atoms with Crippen molar-refractivity contribution < 1.29 is 5.11 Å². The SMILES string of the molecule is C[C@]12CC[C@H](O)CC1=CC[C@@H]1[C@@H]2CC[C@]2(C)C(Cl)=CC[C@@H]12. The Morgan fingerprint density at radius 3 is 2.62 bits per heavy atom. The highest BCUT2D eigenvalue weighted by Crippen LogP contribution is 2.65. The number of aliphatic hydroxyl groups is 1. The summed E-state index contributed by atoms with van der Waals surface area (Å²) in [5.74, 6) is 2.34. The Kier molecular flexibility index (Phi) is 3.15. The van der Waals surface area contributed by atoms with Crippen LogP contribution in [0.3, 0.4) is 0 Å². The van der Waals surface area contributed by atoms with Crippen molar-refractivity contribution in [2.45, 2.75) is 64.9 Å². The van der Waals surface area contributed by atoms with Gasteiger partial charge in [-0.25, -0.2) is 0 Å². The summed E-state index contributed by atoms with van der Waals surface area (Å²) in [6, 6.07) is 0. The van der Waals surface area contributed by atoms with E-state index >= 15 is 0 Å². The number of rotatable bonds is 0. The van der Waals surface area contributed by atoms with Crippen molar-refractivity contribution in [3.63, 3.8) is 0 Å². The lowest BCUT2D eigenvalue weighted by Crippen LogP contribution is -2.49. The van der Waals surface area contributed by atoms with Crippen molar-refractivity contribution in [1.82, 2.24) is 0 Å². The van der Waals surface area contributed by atoms with Gasteiger partial charge in [-0.05, 0) is 68.1 Å². The molecule has 0 aromatic rings. The van der Waals surface area contributed by atoms with Crippen LogP contribution in [0, 0.1) is 28.6 Å². The van der Waals surface area contributed by atoms with E-state index in [4.69, 9.17) is 11.6 Å². The van der Waals surface area contributed by atoms with Gasteiger partial charge < -0.3 is 5.11 Å². The second-order valence-corrected chi connectivity index (χ2v) is 8.81. The van der Waals surface area contributed by atoms with Crippen molar-refractivity contribution in [1.29, 1.82) is 0 Å². The quantitative estimate of drug-likeness (QED) is 0.621. The van der Waals surface area contributed by atoms with Crippen LogP contribution in [0.5, 0.6) is 0 Å². The molecule has 0 aromatic heterocycles. The summed E-state index contributed by atoms with van der Waals surface area (Å²) < 4.78 is 0. The lowest BCUT2D eigenvalue weighted by Gasteiger charge is -2.57. The summed E-state index contributed by atoms with van der Waals surface area (Å²) in [6.07, 6.45) is 12.7. The average Bonchev–Trinajstić information content (AvgIpc) is 2.76.